The molecule has 1 aromatic rings. The Morgan fingerprint density at radius 1 is 1.33 bits per heavy atom. The first-order valence-electron chi connectivity index (χ1n) is 4.96. The van der Waals surface area contributed by atoms with Crippen LogP contribution in [0.15, 0.2) is 30.4 Å². The van der Waals surface area contributed by atoms with Crippen molar-refractivity contribution in [1.29, 1.82) is 0 Å². The molecule has 1 heterocycles. The molecule has 3 heteroatoms. The Kier molecular flexibility index (Phi) is 2.81. The van der Waals surface area contributed by atoms with Crippen molar-refractivity contribution in [2.45, 2.75) is 6.42 Å². The Morgan fingerprint density at radius 3 is 2.80 bits per heavy atom. The Hall–Kier alpha value is -1.64. The highest BCUT2D eigenvalue weighted by Gasteiger charge is 2.12. The van der Waals surface area contributed by atoms with Gasteiger partial charge >= 0.3 is 0 Å². The largest absolute Gasteiger partial charge is 0.365 e. The molecular weight excluding hydrogens is 193 g/mol. The molecule has 1 aliphatic rings. The minimum atomic E-state index is -0.324. The van der Waals surface area contributed by atoms with Gasteiger partial charge in [0, 0.05) is 18.7 Å². The Morgan fingerprint density at radius 2 is 2.20 bits per heavy atom. The van der Waals surface area contributed by atoms with Crippen molar-refractivity contribution in [3.63, 3.8) is 0 Å². The fraction of sp³-hybridized carbons (Fsp3) is 0.250. The van der Waals surface area contributed by atoms with Crippen molar-refractivity contribution < 1.29 is 9.18 Å². The van der Waals surface area contributed by atoms with Crippen LogP contribution in [-0.4, -0.2) is 19.4 Å². The van der Waals surface area contributed by atoms with E-state index >= 15 is 0 Å². The summed E-state index contributed by atoms with van der Waals surface area (Å²) in [6.07, 6.45) is 5.71. The lowest BCUT2D eigenvalue weighted by molar-refractivity contribution is 0.112. The van der Waals surface area contributed by atoms with Crippen molar-refractivity contribution in [1.82, 2.24) is 0 Å². The quantitative estimate of drug-likeness (QED) is 0.546. The van der Waals surface area contributed by atoms with Gasteiger partial charge in [-0.05, 0) is 24.6 Å². The third-order valence-corrected chi connectivity index (χ3v) is 2.51. The van der Waals surface area contributed by atoms with Crippen LogP contribution >= 0.6 is 0 Å². The predicted octanol–water partition coefficient (Wildman–Crippen LogP) is 2.40. The van der Waals surface area contributed by atoms with Crippen molar-refractivity contribution in [2.24, 2.45) is 0 Å². The summed E-state index contributed by atoms with van der Waals surface area (Å²) in [5.41, 5.74) is 0.953. The molecule has 0 amide bonds. The van der Waals surface area contributed by atoms with Crippen LogP contribution < -0.4 is 4.90 Å². The Balaban J connectivity index is 2.28. The molecule has 0 spiro atoms. The van der Waals surface area contributed by atoms with Gasteiger partial charge in [-0.1, -0.05) is 12.2 Å². The molecule has 0 fully saturated rings. The van der Waals surface area contributed by atoms with Crippen molar-refractivity contribution >= 4 is 12.0 Å². The first kappa shape index (κ1) is 9.90. The first-order chi connectivity index (χ1) is 7.31. The molecule has 0 aliphatic carbocycles. The number of hydrogen-bond acceptors (Lipinski definition) is 2. The highest BCUT2D eigenvalue weighted by molar-refractivity contribution is 5.76. The second-order valence-corrected chi connectivity index (χ2v) is 3.53. The standard InChI is InChI=1S/C12H12FNO/c13-11-8-10(9-15)4-5-12(11)14-6-2-1-3-7-14/h1-2,4-5,8-9H,3,6-7H2. The van der Waals surface area contributed by atoms with Crippen LogP contribution in [0.1, 0.15) is 16.8 Å². The lowest BCUT2D eigenvalue weighted by Gasteiger charge is -2.25. The van der Waals surface area contributed by atoms with Gasteiger partial charge in [0.05, 0.1) is 5.69 Å². The van der Waals surface area contributed by atoms with E-state index in [0.29, 0.717) is 17.5 Å². The number of carbonyl (C=O) groups is 1. The molecule has 2 rings (SSSR count). The van der Waals surface area contributed by atoms with E-state index in [4.69, 9.17) is 0 Å². The molecular formula is C12H12FNO. The highest BCUT2D eigenvalue weighted by Crippen LogP contribution is 2.21. The Labute approximate surface area is 88.0 Å². The third-order valence-electron chi connectivity index (χ3n) is 2.51. The average molecular weight is 205 g/mol. The van der Waals surface area contributed by atoms with E-state index in [1.54, 1.807) is 12.1 Å². The number of hydrogen-bond donors (Lipinski definition) is 0. The van der Waals surface area contributed by atoms with Crippen LogP contribution in [0.5, 0.6) is 0 Å². The van der Waals surface area contributed by atoms with Crippen molar-refractivity contribution in [3.8, 4) is 0 Å². The van der Waals surface area contributed by atoms with Crippen LogP contribution in [-0.2, 0) is 0 Å². The van der Waals surface area contributed by atoms with Gasteiger partial charge in [0.15, 0.2) is 0 Å². The number of benzene rings is 1. The molecule has 0 radical (unpaired) electrons. The van der Waals surface area contributed by atoms with E-state index in [-0.39, 0.29) is 5.82 Å². The minimum absolute atomic E-state index is 0.324. The summed E-state index contributed by atoms with van der Waals surface area (Å²) >= 11 is 0. The second-order valence-electron chi connectivity index (χ2n) is 3.53. The zero-order valence-corrected chi connectivity index (χ0v) is 8.32. The Bertz CT molecular complexity index is 401. The van der Waals surface area contributed by atoms with Gasteiger partial charge in [0.25, 0.3) is 0 Å². The highest BCUT2D eigenvalue weighted by atomic mass is 19.1. The zero-order valence-electron chi connectivity index (χ0n) is 8.32. The van der Waals surface area contributed by atoms with E-state index in [1.807, 2.05) is 11.0 Å². The van der Waals surface area contributed by atoms with Gasteiger partial charge in [-0.2, -0.15) is 0 Å². The number of aldehydes is 1. The van der Waals surface area contributed by atoms with Gasteiger partial charge in [0.2, 0.25) is 0 Å². The summed E-state index contributed by atoms with van der Waals surface area (Å²) in [6, 6.07) is 4.59. The van der Waals surface area contributed by atoms with Gasteiger partial charge < -0.3 is 4.90 Å². The molecule has 0 saturated carbocycles. The number of rotatable bonds is 2. The minimum Gasteiger partial charge on any atom is -0.365 e. The van der Waals surface area contributed by atoms with Crippen LogP contribution in [0, 0.1) is 5.82 Å². The maximum atomic E-state index is 13.6. The molecule has 78 valence electrons. The molecule has 0 N–H and O–H groups in total. The van der Waals surface area contributed by atoms with Crippen LogP contribution in [0.25, 0.3) is 0 Å². The molecule has 0 unspecified atom stereocenters. The monoisotopic (exact) mass is 205 g/mol. The van der Waals surface area contributed by atoms with Crippen molar-refractivity contribution in [3.05, 3.63) is 41.7 Å². The third kappa shape index (κ3) is 2.06. The topological polar surface area (TPSA) is 20.3 Å². The second kappa shape index (κ2) is 4.26. The van der Waals surface area contributed by atoms with E-state index in [0.717, 1.165) is 19.5 Å². The molecule has 1 aliphatic heterocycles. The number of halogens is 1. The zero-order chi connectivity index (χ0) is 10.7. The van der Waals surface area contributed by atoms with Gasteiger partial charge in [-0.15, -0.1) is 0 Å². The van der Waals surface area contributed by atoms with Crippen LogP contribution in [0.2, 0.25) is 0 Å². The first-order valence-corrected chi connectivity index (χ1v) is 4.96. The lowest BCUT2D eigenvalue weighted by atomic mass is 10.1. The molecule has 0 saturated heterocycles. The molecule has 15 heavy (non-hydrogen) atoms. The maximum Gasteiger partial charge on any atom is 0.150 e. The van der Waals surface area contributed by atoms with E-state index < -0.39 is 0 Å². The lowest BCUT2D eigenvalue weighted by Crippen LogP contribution is -2.27. The summed E-state index contributed by atoms with van der Waals surface area (Å²) in [7, 11) is 0. The smallest absolute Gasteiger partial charge is 0.150 e. The number of carbonyl (C=O) groups excluding carboxylic acids is 1. The molecule has 0 bridgehead atoms. The molecule has 0 aromatic heterocycles. The van der Waals surface area contributed by atoms with E-state index in [2.05, 4.69) is 6.08 Å². The number of nitrogens with zero attached hydrogens (tertiary/aromatic N) is 1. The fourth-order valence-corrected chi connectivity index (χ4v) is 1.71. The van der Waals surface area contributed by atoms with E-state index in [1.165, 1.54) is 6.07 Å². The van der Waals surface area contributed by atoms with Gasteiger partial charge in [-0.25, -0.2) is 4.39 Å². The fourth-order valence-electron chi connectivity index (χ4n) is 1.71. The predicted molar refractivity (Wildman–Crippen MR) is 57.8 cm³/mol. The van der Waals surface area contributed by atoms with Gasteiger partial charge in [0.1, 0.15) is 12.1 Å². The average Bonchev–Trinajstić information content (AvgIpc) is 2.30. The number of anilines is 1. The summed E-state index contributed by atoms with van der Waals surface area (Å²) < 4.78 is 13.6. The molecule has 1 aromatic carbocycles. The van der Waals surface area contributed by atoms with Gasteiger partial charge in [-0.3, -0.25) is 4.79 Å². The summed E-state index contributed by atoms with van der Waals surface area (Å²) in [6.45, 7) is 1.56. The SMILES string of the molecule is O=Cc1ccc(N2CC=CCC2)c(F)c1. The normalized spacial score (nSPS) is 15.4. The van der Waals surface area contributed by atoms with Crippen LogP contribution in [0.3, 0.4) is 0 Å². The summed E-state index contributed by atoms with van der Waals surface area (Å²) in [5, 5.41) is 0. The van der Waals surface area contributed by atoms with Crippen LogP contribution in [0.4, 0.5) is 10.1 Å². The molecule has 2 nitrogen and oxygen atoms in total. The van der Waals surface area contributed by atoms with E-state index in [9.17, 15) is 9.18 Å². The maximum absolute atomic E-state index is 13.6. The summed E-state index contributed by atoms with van der Waals surface area (Å²) in [4.78, 5) is 12.4. The van der Waals surface area contributed by atoms with Crippen molar-refractivity contribution in [2.75, 3.05) is 18.0 Å². The molecule has 0 atom stereocenters. The summed E-state index contributed by atoms with van der Waals surface area (Å²) in [5.74, 6) is -0.324.